The molecule has 0 spiro atoms. The first kappa shape index (κ1) is 12.6. The van der Waals surface area contributed by atoms with Crippen LogP contribution in [0.1, 0.15) is 0 Å². The second kappa shape index (κ2) is 5.67. The predicted molar refractivity (Wildman–Crippen MR) is 63.4 cm³/mol. The van der Waals surface area contributed by atoms with Crippen molar-refractivity contribution < 1.29 is 20.1 Å². The first-order valence-electron chi connectivity index (χ1n) is 5.23. The third-order valence-electron chi connectivity index (χ3n) is 2.42. The molecule has 0 unspecified atom stereocenters. The van der Waals surface area contributed by atoms with Gasteiger partial charge in [0.1, 0.15) is 0 Å². The maximum atomic E-state index is 4.31. The molecule has 0 saturated heterocycles. The molecule has 0 saturated carbocycles. The topological polar surface area (TPSA) is 43.6 Å². The third-order valence-corrected chi connectivity index (χ3v) is 2.42. The largest absolute Gasteiger partial charge is 0.258 e. The Balaban J connectivity index is 0.00000120. The summed E-state index contributed by atoms with van der Waals surface area (Å²) >= 11 is 0. The Hall–Kier alpha value is -1.84. The SMILES string of the molecule is [Ir].[c-]1ccc(-c2ccccn2)cc1-n1ccnn1. The van der Waals surface area contributed by atoms with E-state index in [1.165, 1.54) is 0 Å². The summed E-state index contributed by atoms with van der Waals surface area (Å²) in [6.45, 7) is 0. The summed E-state index contributed by atoms with van der Waals surface area (Å²) in [5, 5.41) is 7.71. The fourth-order valence-electron chi connectivity index (χ4n) is 1.62. The quantitative estimate of drug-likeness (QED) is 0.605. The third kappa shape index (κ3) is 2.53. The average molecular weight is 413 g/mol. The standard InChI is InChI=1S/C13H9N4.Ir/c1-2-7-14-13(6-1)11-4-3-5-12(10-11)17-9-8-15-16-17;/h1-4,6-10H;/q-1;. The first-order valence-corrected chi connectivity index (χ1v) is 5.23. The molecule has 4 nitrogen and oxygen atoms in total. The van der Waals surface area contributed by atoms with E-state index in [9.17, 15) is 0 Å². The molecular formula is C13H9IrN4-. The fourth-order valence-corrected chi connectivity index (χ4v) is 1.62. The molecule has 18 heavy (non-hydrogen) atoms. The normalized spacial score (nSPS) is 9.78. The van der Waals surface area contributed by atoms with Crippen LogP contribution in [0.25, 0.3) is 16.9 Å². The van der Waals surface area contributed by atoms with Crippen molar-refractivity contribution in [3.05, 3.63) is 61.1 Å². The second-order valence-corrected chi connectivity index (χ2v) is 3.53. The molecule has 91 valence electrons. The Morgan fingerprint density at radius 3 is 2.78 bits per heavy atom. The molecule has 0 N–H and O–H groups in total. The van der Waals surface area contributed by atoms with Gasteiger partial charge in [-0.25, -0.2) is 4.68 Å². The number of hydrogen-bond donors (Lipinski definition) is 0. The number of rotatable bonds is 2. The molecule has 2 aromatic heterocycles. The zero-order chi connectivity index (χ0) is 11.5. The number of hydrogen-bond acceptors (Lipinski definition) is 3. The molecule has 0 aliphatic heterocycles. The molecule has 3 aromatic rings. The summed E-state index contributed by atoms with van der Waals surface area (Å²) in [6, 6.07) is 14.8. The predicted octanol–water partition coefficient (Wildman–Crippen LogP) is 2.13. The van der Waals surface area contributed by atoms with Gasteiger partial charge in [-0.2, -0.15) is 18.2 Å². The van der Waals surface area contributed by atoms with Crippen LogP contribution in [0.4, 0.5) is 0 Å². The minimum absolute atomic E-state index is 0. The van der Waals surface area contributed by atoms with Gasteiger partial charge in [-0.3, -0.25) is 4.98 Å². The van der Waals surface area contributed by atoms with Gasteiger partial charge in [0, 0.05) is 38.2 Å². The smallest absolute Gasteiger partial charge is 0.0696 e. The number of benzene rings is 1. The zero-order valence-corrected chi connectivity index (χ0v) is 11.7. The molecule has 0 fully saturated rings. The van der Waals surface area contributed by atoms with E-state index in [2.05, 4.69) is 21.4 Å². The first-order chi connectivity index (χ1) is 8.43. The van der Waals surface area contributed by atoms with Crippen molar-refractivity contribution in [2.24, 2.45) is 0 Å². The summed E-state index contributed by atoms with van der Waals surface area (Å²) in [4.78, 5) is 4.31. The molecule has 1 radical (unpaired) electrons. The molecule has 5 heteroatoms. The van der Waals surface area contributed by atoms with E-state index in [1.807, 2.05) is 36.4 Å². The Labute approximate surface area is 118 Å². The molecule has 0 aliphatic carbocycles. The van der Waals surface area contributed by atoms with Crippen LogP contribution in [0.2, 0.25) is 0 Å². The van der Waals surface area contributed by atoms with Gasteiger partial charge >= 0.3 is 0 Å². The van der Waals surface area contributed by atoms with Gasteiger partial charge in [-0.15, -0.1) is 16.7 Å². The number of nitrogens with zero attached hydrogens (tertiary/aromatic N) is 4. The molecular weight excluding hydrogens is 404 g/mol. The summed E-state index contributed by atoms with van der Waals surface area (Å²) < 4.78 is 1.67. The monoisotopic (exact) mass is 414 g/mol. The van der Waals surface area contributed by atoms with Gasteiger partial charge in [0.25, 0.3) is 0 Å². The van der Waals surface area contributed by atoms with Crippen LogP contribution in [0, 0.1) is 6.07 Å². The molecule has 0 amide bonds. The molecule has 2 heterocycles. The van der Waals surface area contributed by atoms with Crippen molar-refractivity contribution in [3.63, 3.8) is 0 Å². The Kier molecular flexibility index (Phi) is 3.97. The van der Waals surface area contributed by atoms with E-state index in [1.54, 1.807) is 23.3 Å². The number of aromatic nitrogens is 4. The van der Waals surface area contributed by atoms with Crippen LogP contribution in [-0.4, -0.2) is 20.0 Å². The summed E-state index contributed by atoms with van der Waals surface area (Å²) in [5.74, 6) is 0. The van der Waals surface area contributed by atoms with Gasteiger partial charge in [0.2, 0.25) is 0 Å². The van der Waals surface area contributed by atoms with Crippen LogP contribution in [0.5, 0.6) is 0 Å². The maximum Gasteiger partial charge on any atom is 0.0696 e. The van der Waals surface area contributed by atoms with E-state index >= 15 is 0 Å². The van der Waals surface area contributed by atoms with Crippen LogP contribution in [0.15, 0.2) is 55.0 Å². The van der Waals surface area contributed by atoms with Crippen molar-refractivity contribution in [1.82, 2.24) is 20.0 Å². The van der Waals surface area contributed by atoms with Gasteiger partial charge in [0.05, 0.1) is 6.20 Å². The van der Waals surface area contributed by atoms with Crippen molar-refractivity contribution in [2.75, 3.05) is 0 Å². The molecule has 3 rings (SSSR count). The fraction of sp³-hybridized carbons (Fsp3) is 0. The molecule has 0 atom stereocenters. The summed E-state index contributed by atoms with van der Waals surface area (Å²) in [7, 11) is 0. The minimum Gasteiger partial charge on any atom is -0.258 e. The van der Waals surface area contributed by atoms with Crippen molar-refractivity contribution in [2.45, 2.75) is 0 Å². The van der Waals surface area contributed by atoms with Crippen LogP contribution in [-0.2, 0) is 20.1 Å². The Morgan fingerprint density at radius 2 is 2.06 bits per heavy atom. The number of pyridine rings is 1. The second-order valence-electron chi connectivity index (χ2n) is 3.53. The molecule has 0 aliphatic rings. The van der Waals surface area contributed by atoms with E-state index < -0.39 is 0 Å². The van der Waals surface area contributed by atoms with Crippen molar-refractivity contribution >= 4 is 0 Å². The van der Waals surface area contributed by atoms with E-state index in [4.69, 9.17) is 0 Å². The minimum atomic E-state index is 0. The van der Waals surface area contributed by atoms with E-state index in [0.29, 0.717) is 0 Å². The summed E-state index contributed by atoms with van der Waals surface area (Å²) in [5.41, 5.74) is 2.82. The molecule has 1 aromatic carbocycles. The van der Waals surface area contributed by atoms with Crippen LogP contribution in [0.3, 0.4) is 0 Å². The van der Waals surface area contributed by atoms with E-state index in [-0.39, 0.29) is 20.1 Å². The van der Waals surface area contributed by atoms with Gasteiger partial charge in [-0.05, 0) is 17.8 Å². The Morgan fingerprint density at radius 1 is 1.11 bits per heavy atom. The van der Waals surface area contributed by atoms with Gasteiger partial charge in [-0.1, -0.05) is 11.3 Å². The van der Waals surface area contributed by atoms with Crippen molar-refractivity contribution in [3.8, 4) is 16.9 Å². The van der Waals surface area contributed by atoms with Gasteiger partial charge in [0.15, 0.2) is 0 Å². The molecule has 0 bridgehead atoms. The van der Waals surface area contributed by atoms with E-state index in [0.717, 1.165) is 16.9 Å². The maximum absolute atomic E-state index is 4.31. The van der Waals surface area contributed by atoms with Crippen molar-refractivity contribution in [1.29, 1.82) is 0 Å². The van der Waals surface area contributed by atoms with Crippen LogP contribution < -0.4 is 0 Å². The van der Waals surface area contributed by atoms with Crippen LogP contribution >= 0.6 is 0 Å². The average Bonchev–Trinajstić information content (AvgIpc) is 2.94. The van der Waals surface area contributed by atoms with Gasteiger partial charge < -0.3 is 0 Å². The Bertz CT molecular complexity index is 608. The zero-order valence-electron chi connectivity index (χ0n) is 9.32. The summed E-state index contributed by atoms with van der Waals surface area (Å²) in [6.07, 6.45) is 5.20.